The van der Waals surface area contributed by atoms with Crippen LogP contribution in [0.3, 0.4) is 0 Å². The van der Waals surface area contributed by atoms with Crippen LogP contribution in [-0.4, -0.2) is 35.5 Å². The van der Waals surface area contributed by atoms with Crippen molar-refractivity contribution in [2.75, 3.05) is 0 Å². The molecule has 2 saturated carbocycles. The molecule has 0 aromatic heterocycles. The molecule has 130 valence electrons. The molecule has 6 unspecified atom stereocenters. The van der Waals surface area contributed by atoms with Crippen molar-refractivity contribution in [2.24, 2.45) is 16.7 Å². The Balaban J connectivity index is 1.48. The monoisotopic (exact) mass is 322 g/mol. The summed E-state index contributed by atoms with van der Waals surface area (Å²) in [6, 6.07) is 0. The summed E-state index contributed by atoms with van der Waals surface area (Å²) in [4.78, 5) is 12.9. The summed E-state index contributed by atoms with van der Waals surface area (Å²) < 4.78 is 17.8. The summed E-state index contributed by atoms with van der Waals surface area (Å²) >= 11 is 0. The van der Waals surface area contributed by atoms with Gasteiger partial charge in [-0.05, 0) is 44.9 Å². The fourth-order valence-corrected chi connectivity index (χ4v) is 5.24. The standard InChI is InChI=1S/C19H30O4/c1-16(2)9-12(19(6)13(10-16)22-19)21-14(20)11-7-8-18(5)15(23-18)17(11,3)4/h11-13,15H,7-10H2,1-6H3. The van der Waals surface area contributed by atoms with Crippen LogP contribution in [0.2, 0.25) is 0 Å². The molecule has 0 N–H and O–H groups in total. The maximum atomic E-state index is 12.9. The van der Waals surface area contributed by atoms with E-state index in [2.05, 4.69) is 41.5 Å². The number of ether oxygens (including phenoxy) is 3. The highest BCUT2D eigenvalue weighted by Crippen LogP contribution is 2.59. The molecule has 23 heavy (non-hydrogen) atoms. The molecule has 4 fully saturated rings. The molecule has 0 aromatic carbocycles. The lowest BCUT2D eigenvalue weighted by Gasteiger charge is -2.40. The van der Waals surface area contributed by atoms with E-state index in [4.69, 9.17) is 14.2 Å². The first-order valence-electron chi connectivity index (χ1n) is 9.04. The Morgan fingerprint density at radius 3 is 2.43 bits per heavy atom. The second kappa shape index (κ2) is 4.32. The van der Waals surface area contributed by atoms with Crippen LogP contribution >= 0.6 is 0 Å². The third-order valence-corrected chi connectivity index (χ3v) is 7.02. The quantitative estimate of drug-likeness (QED) is 0.577. The fourth-order valence-electron chi connectivity index (χ4n) is 5.24. The molecule has 4 heteroatoms. The lowest BCUT2D eigenvalue weighted by Crippen LogP contribution is -2.47. The van der Waals surface area contributed by atoms with Gasteiger partial charge in [-0.25, -0.2) is 0 Å². The van der Waals surface area contributed by atoms with E-state index in [-0.39, 0.29) is 52.2 Å². The van der Waals surface area contributed by atoms with Crippen LogP contribution in [0.25, 0.3) is 0 Å². The Labute approximate surface area is 139 Å². The summed E-state index contributed by atoms with van der Waals surface area (Å²) in [7, 11) is 0. The molecule has 2 aliphatic carbocycles. The Bertz CT molecular complexity index is 554. The number of carbonyl (C=O) groups is 1. The van der Waals surface area contributed by atoms with Crippen molar-refractivity contribution >= 4 is 5.97 Å². The summed E-state index contributed by atoms with van der Waals surface area (Å²) in [5, 5.41) is 0. The Kier molecular flexibility index (Phi) is 2.98. The normalized spacial score (nSPS) is 52.1. The molecule has 4 rings (SSSR count). The number of fused-ring (bicyclic) bond motifs is 2. The largest absolute Gasteiger partial charge is 0.459 e. The van der Waals surface area contributed by atoms with Crippen molar-refractivity contribution in [2.45, 2.75) is 96.7 Å². The number of epoxide rings is 2. The summed E-state index contributed by atoms with van der Waals surface area (Å²) in [6.07, 6.45) is 4.07. The van der Waals surface area contributed by atoms with Crippen LogP contribution in [0.15, 0.2) is 0 Å². The number of carbonyl (C=O) groups excluding carboxylic acids is 1. The average Bonchev–Trinajstić information content (AvgIpc) is 3.25. The molecule has 6 atom stereocenters. The van der Waals surface area contributed by atoms with Gasteiger partial charge in [-0.2, -0.15) is 0 Å². The molecular weight excluding hydrogens is 292 g/mol. The first-order valence-corrected chi connectivity index (χ1v) is 9.04. The first-order chi connectivity index (χ1) is 10.5. The molecule has 0 spiro atoms. The van der Waals surface area contributed by atoms with Crippen molar-refractivity contribution < 1.29 is 19.0 Å². The number of hydrogen-bond acceptors (Lipinski definition) is 4. The van der Waals surface area contributed by atoms with Gasteiger partial charge in [0.15, 0.2) is 0 Å². The third-order valence-electron chi connectivity index (χ3n) is 7.02. The molecule has 2 saturated heterocycles. The summed E-state index contributed by atoms with van der Waals surface area (Å²) in [5.41, 5.74) is -0.247. The summed E-state index contributed by atoms with van der Waals surface area (Å²) in [5.74, 6) is -0.125. The molecule has 0 amide bonds. The predicted molar refractivity (Wildman–Crippen MR) is 86.0 cm³/mol. The molecular formula is C19H30O4. The highest BCUT2D eigenvalue weighted by molar-refractivity contribution is 5.74. The van der Waals surface area contributed by atoms with Crippen molar-refractivity contribution in [3.63, 3.8) is 0 Å². The van der Waals surface area contributed by atoms with Gasteiger partial charge in [-0.15, -0.1) is 0 Å². The highest BCUT2D eigenvalue weighted by atomic mass is 16.6. The van der Waals surface area contributed by atoms with Crippen LogP contribution in [0.1, 0.15) is 67.2 Å². The van der Waals surface area contributed by atoms with E-state index >= 15 is 0 Å². The number of esters is 1. The number of hydrogen-bond donors (Lipinski definition) is 0. The fraction of sp³-hybridized carbons (Fsp3) is 0.947. The van der Waals surface area contributed by atoms with Crippen molar-refractivity contribution in [3.8, 4) is 0 Å². The minimum atomic E-state index is -0.255. The van der Waals surface area contributed by atoms with E-state index < -0.39 is 0 Å². The smallest absolute Gasteiger partial charge is 0.309 e. The molecule has 4 nitrogen and oxygen atoms in total. The first kappa shape index (κ1) is 15.9. The number of rotatable bonds is 2. The van der Waals surface area contributed by atoms with Gasteiger partial charge >= 0.3 is 5.97 Å². The van der Waals surface area contributed by atoms with E-state index in [1.807, 2.05) is 0 Å². The Hall–Kier alpha value is -0.610. The minimum absolute atomic E-state index is 0.0101. The van der Waals surface area contributed by atoms with Gasteiger partial charge in [0.25, 0.3) is 0 Å². The van der Waals surface area contributed by atoms with E-state index in [9.17, 15) is 4.79 Å². The van der Waals surface area contributed by atoms with Gasteiger partial charge in [-0.1, -0.05) is 27.7 Å². The average molecular weight is 322 g/mol. The third kappa shape index (κ3) is 2.28. The lowest BCUT2D eigenvalue weighted by molar-refractivity contribution is -0.166. The van der Waals surface area contributed by atoms with E-state index in [1.165, 1.54) is 0 Å². The zero-order chi connectivity index (χ0) is 16.8. The van der Waals surface area contributed by atoms with Crippen LogP contribution in [0, 0.1) is 16.7 Å². The SMILES string of the molecule is CC1(C)CC(OC(=O)C2CCC3(C)OC3C2(C)C)C2(C)OC2C1. The zero-order valence-electron chi connectivity index (χ0n) is 15.3. The topological polar surface area (TPSA) is 51.4 Å². The van der Waals surface area contributed by atoms with Crippen molar-refractivity contribution in [1.29, 1.82) is 0 Å². The van der Waals surface area contributed by atoms with Gasteiger partial charge in [0.2, 0.25) is 0 Å². The van der Waals surface area contributed by atoms with E-state index in [1.54, 1.807) is 0 Å². The molecule has 2 aliphatic heterocycles. The maximum Gasteiger partial charge on any atom is 0.309 e. The zero-order valence-corrected chi connectivity index (χ0v) is 15.3. The minimum Gasteiger partial charge on any atom is -0.459 e. The van der Waals surface area contributed by atoms with Crippen LogP contribution < -0.4 is 0 Å². The summed E-state index contributed by atoms with van der Waals surface area (Å²) in [6.45, 7) is 13.0. The Morgan fingerprint density at radius 1 is 1.04 bits per heavy atom. The molecule has 0 radical (unpaired) electrons. The van der Waals surface area contributed by atoms with E-state index in [0.717, 1.165) is 25.7 Å². The second-order valence-corrected chi connectivity index (χ2v) is 10.0. The predicted octanol–water partition coefficient (Wildman–Crippen LogP) is 3.47. The molecule has 2 heterocycles. The Morgan fingerprint density at radius 2 is 1.74 bits per heavy atom. The maximum absolute atomic E-state index is 12.9. The second-order valence-electron chi connectivity index (χ2n) is 10.0. The highest BCUT2D eigenvalue weighted by Gasteiger charge is 2.68. The van der Waals surface area contributed by atoms with Crippen LogP contribution in [0.4, 0.5) is 0 Å². The van der Waals surface area contributed by atoms with Crippen LogP contribution in [-0.2, 0) is 19.0 Å². The van der Waals surface area contributed by atoms with Gasteiger partial charge in [0.1, 0.15) is 11.7 Å². The van der Waals surface area contributed by atoms with Crippen molar-refractivity contribution in [1.82, 2.24) is 0 Å². The van der Waals surface area contributed by atoms with Gasteiger partial charge < -0.3 is 14.2 Å². The van der Waals surface area contributed by atoms with Crippen molar-refractivity contribution in [3.05, 3.63) is 0 Å². The van der Waals surface area contributed by atoms with Gasteiger partial charge in [-0.3, -0.25) is 4.79 Å². The molecule has 4 aliphatic rings. The van der Waals surface area contributed by atoms with Crippen LogP contribution in [0.5, 0.6) is 0 Å². The van der Waals surface area contributed by atoms with Gasteiger partial charge in [0.05, 0.1) is 23.7 Å². The molecule has 0 bridgehead atoms. The van der Waals surface area contributed by atoms with E-state index in [0.29, 0.717) is 0 Å². The van der Waals surface area contributed by atoms with Gasteiger partial charge in [0, 0.05) is 5.41 Å². The molecule has 0 aromatic rings. The lowest BCUT2D eigenvalue weighted by atomic mass is 9.65.